The molecule has 0 aromatic carbocycles. The number of aliphatic hydroxyl groups excluding tert-OH is 1. The molecule has 92 valence electrons. The predicted octanol–water partition coefficient (Wildman–Crippen LogP) is 1.32. The van der Waals surface area contributed by atoms with E-state index in [-0.39, 0.29) is 25.3 Å². The molecular weight excluding hydrogens is 210 g/mol. The highest BCUT2D eigenvalue weighted by Gasteiger charge is 2.22. The number of rotatable bonds is 6. The predicted molar refractivity (Wildman–Crippen MR) is 59.9 cm³/mol. The van der Waals surface area contributed by atoms with Crippen LogP contribution in [0.3, 0.4) is 0 Å². The van der Waals surface area contributed by atoms with Crippen LogP contribution in [0.5, 0.6) is 0 Å². The van der Waals surface area contributed by atoms with E-state index in [0.717, 1.165) is 4.90 Å². The lowest BCUT2D eigenvalue weighted by Crippen LogP contribution is -2.38. The highest BCUT2D eigenvalue weighted by molar-refractivity contribution is 6.01. The van der Waals surface area contributed by atoms with Crippen molar-refractivity contribution in [2.45, 2.75) is 26.7 Å². The lowest BCUT2D eigenvalue weighted by Gasteiger charge is -2.19. The first-order valence-corrected chi connectivity index (χ1v) is 5.29. The van der Waals surface area contributed by atoms with Crippen LogP contribution in [0.2, 0.25) is 0 Å². The summed E-state index contributed by atoms with van der Waals surface area (Å²) < 4.78 is 4.77. The zero-order valence-electron chi connectivity index (χ0n) is 9.86. The Morgan fingerprint density at radius 1 is 1.38 bits per heavy atom. The molecule has 0 aliphatic rings. The average Bonchev–Trinajstić information content (AvgIpc) is 2.23. The second-order valence-electron chi connectivity index (χ2n) is 3.37. The molecule has 0 aromatic rings. The summed E-state index contributed by atoms with van der Waals surface area (Å²) in [4.78, 5) is 24.1. The van der Waals surface area contributed by atoms with E-state index in [0.29, 0.717) is 12.8 Å². The highest BCUT2D eigenvalue weighted by atomic mass is 16.6. The Bertz CT molecular complexity index is 263. The van der Waals surface area contributed by atoms with Crippen LogP contribution in [0.1, 0.15) is 26.7 Å². The number of ether oxygens (including phenoxy) is 1. The third-order valence-corrected chi connectivity index (χ3v) is 1.89. The van der Waals surface area contributed by atoms with Gasteiger partial charge in [0.15, 0.2) is 0 Å². The van der Waals surface area contributed by atoms with Crippen LogP contribution >= 0.6 is 0 Å². The molecule has 0 saturated heterocycles. The molecule has 16 heavy (non-hydrogen) atoms. The maximum atomic E-state index is 11.6. The smallest absolute Gasteiger partial charge is 0.416 e. The zero-order valence-corrected chi connectivity index (χ0v) is 9.86. The molecule has 2 amide bonds. The minimum Gasteiger partial charge on any atom is -0.449 e. The fourth-order valence-corrected chi connectivity index (χ4v) is 1.09. The molecule has 5 nitrogen and oxygen atoms in total. The minimum atomic E-state index is -0.659. The molecule has 0 aliphatic carbocycles. The van der Waals surface area contributed by atoms with E-state index in [4.69, 9.17) is 9.84 Å². The van der Waals surface area contributed by atoms with Crippen LogP contribution in [-0.2, 0) is 9.53 Å². The van der Waals surface area contributed by atoms with Gasteiger partial charge in [0, 0.05) is 18.7 Å². The van der Waals surface area contributed by atoms with Gasteiger partial charge in [0.1, 0.15) is 0 Å². The summed E-state index contributed by atoms with van der Waals surface area (Å²) in [5, 5.41) is 8.63. The Kier molecular flexibility index (Phi) is 7.20. The van der Waals surface area contributed by atoms with Gasteiger partial charge in [0.25, 0.3) is 5.91 Å². The molecular formula is C11H19NO4. The largest absolute Gasteiger partial charge is 0.449 e. The van der Waals surface area contributed by atoms with Crippen LogP contribution < -0.4 is 0 Å². The van der Waals surface area contributed by atoms with Gasteiger partial charge in [-0.05, 0) is 26.7 Å². The standard InChI is InChI=1S/C11H19NO4/c1-4-16-11(15)12(7-5-6-8-13)10(14)9(2)3/h13H,2,4-8H2,1,3H3. The number of hydrogen-bond donors (Lipinski definition) is 1. The fraction of sp³-hybridized carbons (Fsp3) is 0.636. The number of carbonyl (C=O) groups is 2. The summed E-state index contributed by atoms with van der Waals surface area (Å²) in [5.74, 6) is -0.434. The van der Waals surface area contributed by atoms with Crippen LogP contribution in [0.25, 0.3) is 0 Å². The second kappa shape index (κ2) is 7.87. The third kappa shape index (κ3) is 4.93. The Morgan fingerprint density at radius 3 is 2.44 bits per heavy atom. The average molecular weight is 229 g/mol. The lowest BCUT2D eigenvalue weighted by molar-refractivity contribution is -0.125. The normalized spacial score (nSPS) is 9.69. The van der Waals surface area contributed by atoms with Gasteiger partial charge in [0.05, 0.1) is 6.61 Å². The van der Waals surface area contributed by atoms with Gasteiger partial charge in [0.2, 0.25) is 0 Å². The fourth-order valence-electron chi connectivity index (χ4n) is 1.09. The molecule has 0 heterocycles. The van der Waals surface area contributed by atoms with Crippen LogP contribution in [-0.4, -0.2) is 41.8 Å². The Balaban J connectivity index is 4.43. The van der Waals surface area contributed by atoms with E-state index < -0.39 is 12.0 Å². The number of unbranched alkanes of at least 4 members (excludes halogenated alkanes) is 1. The first kappa shape index (κ1) is 14.6. The number of carbonyl (C=O) groups excluding carboxylic acids is 2. The van der Waals surface area contributed by atoms with E-state index in [1.54, 1.807) is 13.8 Å². The van der Waals surface area contributed by atoms with E-state index in [1.165, 1.54) is 0 Å². The number of hydrogen-bond acceptors (Lipinski definition) is 4. The maximum absolute atomic E-state index is 11.6. The van der Waals surface area contributed by atoms with Crippen LogP contribution in [0.4, 0.5) is 4.79 Å². The third-order valence-electron chi connectivity index (χ3n) is 1.89. The van der Waals surface area contributed by atoms with Crippen molar-refractivity contribution in [1.29, 1.82) is 0 Å². The van der Waals surface area contributed by atoms with Crippen molar-refractivity contribution in [3.63, 3.8) is 0 Å². The van der Waals surface area contributed by atoms with E-state index in [9.17, 15) is 9.59 Å². The number of nitrogens with zero attached hydrogens (tertiary/aromatic N) is 1. The molecule has 0 rings (SSSR count). The van der Waals surface area contributed by atoms with E-state index in [2.05, 4.69) is 6.58 Å². The van der Waals surface area contributed by atoms with Crippen LogP contribution in [0, 0.1) is 0 Å². The summed E-state index contributed by atoms with van der Waals surface area (Å²) in [6.45, 7) is 7.22. The van der Waals surface area contributed by atoms with Gasteiger partial charge in [-0.2, -0.15) is 0 Å². The first-order valence-electron chi connectivity index (χ1n) is 5.29. The van der Waals surface area contributed by atoms with Gasteiger partial charge < -0.3 is 9.84 Å². The van der Waals surface area contributed by atoms with Crippen molar-refractivity contribution in [2.24, 2.45) is 0 Å². The molecule has 0 aromatic heterocycles. The molecule has 0 bridgehead atoms. The quantitative estimate of drug-likeness (QED) is 0.551. The van der Waals surface area contributed by atoms with Gasteiger partial charge in [-0.25, -0.2) is 9.69 Å². The van der Waals surface area contributed by atoms with Gasteiger partial charge in [-0.15, -0.1) is 0 Å². The zero-order chi connectivity index (χ0) is 12.6. The van der Waals surface area contributed by atoms with Crippen molar-refractivity contribution < 1.29 is 19.4 Å². The van der Waals surface area contributed by atoms with Crippen LogP contribution in [0.15, 0.2) is 12.2 Å². The number of aliphatic hydroxyl groups is 1. The van der Waals surface area contributed by atoms with Crippen molar-refractivity contribution in [3.05, 3.63) is 12.2 Å². The molecule has 0 aliphatic heterocycles. The topological polar surface area (TPSA) is 66.8 Å². The van der Waals surface area contributed by atoms with Crippen molar-refractivity contribution in [3.8, 4) is 0 Å². The number of amides is 2. The van der Waals surface area contributed by atoms with Gasteiger partial charge in [-0.1, -0.05) is 6.58 Å². The lowest BCUT2D eigenvalue weighted by atomic mass is 10.2. The minimum absolute atomic E-state index is 0.0396. The van der Waals surface area contributed by atoms with Gasteiger partial charge >= 0.3 is 6.09 Å². The summed E-state index contributed by atoms with van der Waals surface area (Å²) in [5.41, 5.74) is 0.289. The molecule has 0 fully saturated rings. The summed E-state index contributed by atoms with van der Waals surface area (Å²) in [7, 11) is 0. The van der Waals surface area contributed by atoms with Crippen molar-refractivity contribution in [1.82, 2.24) is 4.90 Å². The Labute approximate surface area is 95.7 Å². The molecule has 0 unspecified atom stereocenters. The molecule has 1 N–H and O–H groups in total. The first-order chi connectivity index (χ1) is 7.54. The SMILES string of the molecule is C=C(C)C(=O)N(CCCCO)C(=O)OCC. The molecule has 0 saturated carbocycles. The van der Waals surface area contributed by atoms with E-state index in [1.807, 2.05) is 0 Å². The Morgan fingerprint density at radius 2 is 2.00 bits per heavy atom. The molecule has 0 spiro atoms. The molecule has 5 heteroatoms. The Hall–Kier alpha value is -1.36. The van der Waals surface area contributed by atoms with Crippen molar-refractivity contribution >= 4 is 12.0 Å². The summed E-state index contributed by atoms with van der Waals surface area (Å²) >= 11 is 0. The van der Waals surface area contributed by atoms with Gasteiger partial charge in [-0.3, -0.25) is 4.79 Å². The molecule has 0 radical (unpaired) electrons. The molecule has 0 atom stereocenters. The summed E-state index contributed by atoms with van der Waals surface area (Å²) in [6.07, 6.45) is 0.432. The highest BCUT2D eigenvalue weighted by Crippen LogP contribution is 2.04. The van der Waals surface area contributed by atoms with Crippen molar-refractivity contribution in [2.75, 3.05) is 19.8 Å². The summed E-state index contributed by atoms with van der Waals surface area (Å²) in [6, 6.07) is 0. The maximum Gasteiger partial charge on any atom is 0.416 e. The monoisotopic (exact) mass is 229 g/mol. The van der Waals surface area contributed by atoms with E-state index >= 15 is 0 Å². The number of imide groups is 1. The second-order valence-corrected chi connectivity index (χ2v) is 3.37.